The molecule has 0 radical (unpaired) electrons. The lowest BCUT2D eigenvalue weighted by Gasteiger charge is -2.29. The summed E-state index contributed by atoms with van der Waals surface area (Å²) >= 11 is 4.86. The largest absolute Gasteiger partial charge is 0.392 e. The number of hydrogen-bond acceptors (Lipinski definition) is 2. The zero-order valence-corrected chi connectivity index (χ0v) is 11.3. The van der Waals surface area contributed by atoms with Crippen molar-refractivity contribution in [3.8, 4) is 0 Å². The van der Waals surface area contributed by atoms with Crippen molar-refractivity contribution in [2.75, 3.05) is 13.1 Å². The van der Waals surface area contributed by atoms with Crippen LogP contribution in [0.15, 0.2) is 0 Å². The van der Waals surface area contributed by atoms with Gasteiger partial charge in [0, 0.05) is 13.0 Å². The zero-order chi connectivity index (χ0) is 12.3. The Bertz CT molecular complexity index is 283. The topological polar surface area (TPSA) is 46.3 Å². The molecular weight excluding hydrogens is 220 g/mol. The molecule has 1 saturated heterocycles. The third-order valence-corrected chi connectivity index (χ3v) is 3.51. The molecule has 1 aliphatic heterocycles. The molecule has 0 aromatic rings. The number of rotatable bonds is 2. The van der Waals surface area contributed by atoms with E-state index in [4.69, 9.17) is 18.0 Å². The van der Waals surface area contributed by atoms with E-state index in [1.807, 2.05) is 0 Å². The van der Waals surface area contributed by atoms with Gasteiger partial charge in [-0.25, -0.2) is 0 Å². The van der Waals surface area contributed by atoms with Crippen molar-refractivity contribution >= 4 is 23.1 Å². The van der Waals surface area contributed by atoms with Gasteiger partial charge in [-0.15, -0.1) is 0 Å². The molecule has 1 amide bonds. The minimum absolute atomic E-state index is 0.194. The van der Waals surface area contributed by atoms with E-state index >= 15 is 0 Å². The van der Waals surface area contributed by atoms with Gasteiger partial charge >= 0.3 is 0 Å². The minimum Gasteiger partial charge on any atom is -0.392 e. The summed E-state index contributed by atoms with van der Waals surface area (Å²) in [6.07, 6.45) is 2.67. The summed E-state index contributed by atoms with van der Waals surface area (Å²) in [6, 6.07) is 0. The highest BCUT2D eigenvalue weighted by Crippen LogP contribution is 2.34. The summed E-state index contributed by atoms with van der Waals surface area (Å²) in [5.74, 6) is 0.798. The molecule has 1 atom stereocenters. The molecule has 1 unspecified atom stereocenters. The van der Waals surface area contributed by atoms with Crippen molar-refractivity contribution < 1.29 is 4.79 Å². The Morgan fingerprint density at radius 3 is 2.62 bits per heavy atom. The third kappa shape index (κ3) is 3.74. The molecule has 2 N–H and O–H groups in total. The van der Waals surface area contributed by atoms with Crippen LogP contribution in [-0.4, -0.2) is 28.9 Å². The van der Waals surface area contributed by atoms with E-state index in [9.17, 15) is 4.79 Å². The molecule has 0 aliphatic carbocycles. The number of thiocarbonyl (C=S) groups is 1. The van der Waals surface area contributed by atoms with Crippen LogP contribution in [0.2, 0.25) is 0 Å². The van der Waals surface area contributed by atoms with Crippen LogP contribution in [0.5, 0.6) is 0 Å². The van der Waals surface area contributed by atoms with Crippen molar-refractivity contribution in [2.45, 2.75) is 40.0 Å². The molecule has 0 aromatic heterocycles. The van der Waals surface area contributed by atoms with Gasteiger partial charge in [0.1, 0.15) is 0 Å². The number of nitrogens with zero attached hydrogens (tertiary/aromatic N) is 1. The zero-order valence-electron chi connectivity index (χ0n) is 10.5. The highest BCUT2D eigenvalue weighted by atomic mass is 32.1. The van der Waals surface area contributed by atoms with Crippen molar-refractivity contribution in [3.05, 3.63) is 0 Å². The fourth-order valence-corrected chi connectivity index (χ4v) is 2.41. The molecule has 0 spiro atoms. The number of nitrogens with two attached hydrogens (primary N) is 1. The second-order valence-electron chi connectivity index (χ2n) is 5.67. The normalized spacial score (nSPS) is 23.1. The van der Waals surface area contributed by atoms with Crippen LogP contribution in [0, 0.1) is 11.3 Å². The van der Waals surface area contributed by atoms with E-state index in [1.54, 1.807) is 4.90 Å². The van der Waals surface area contributed by atoms with E-state index in [0.717, 1.165) is 19.4 Å². The van der Waals surface area contributed by atoms with Gasteiger partial charge < -0.3 is 10.6 Å². The fourth-order valence-electron chi connectivity index (χ4n) is 2.26. The summed E-state index contributed by atoms with van der Waals surface area (Å²) in [6.45, 7) is 7.95. The molecule has 0 bridgehead atoms. The first-order valence-corrected chi connectivity index (χ1v) is 6.27. The van der Waals surface area contributed by atoms with Gasteiger partial charge in [0.15, 0.2) is 0 Å². The first kappa shape index (κ1) is 13.4. The molecule has 1 rings (SSSR count). The van der Waals surface area contributed by atoms with Crippen molar-refractivity contribution in [2.24, 2.45) is 17.1 Å². The number of amides is 1. The maximum atomic E-state index is 11.8. The Hall–Kier alpha value is -0.640. The summed E-state index contributed by atoms with van der Waals surface area (Å²) in [5.41, 5.74) is 5.77. The SMILES string of the molecule is CC(C)(C)C1CCC(=O)N(CC(N)=S)CC1. The lowest BCUT2D eigenvalue weighted by molar-refractivity contribution is -0.129. The minimum atomic E-state index is 0.194. The second kappa shape index (κ2) is 5.13. The third-order valence-electron chi connectivity index (χ3n) is 3.38. The number of carbonyl (C=O) groups excluding carboxylic acids is 1. The highest BCUT2D eigenvalue weighted by molar-refractivity contribution is 7.80. The maximum Gasteiger partial charge on any atom is 0.222 e. The van der Waals surface area contributed by atoms with E-state index in [1.165, 1.54) is 0 Å². The molecule has 0 saturated carbocycles. The molecule has 4 heteroatoms. The molecule has 16 heavy (non-hydrogen) atoms. The monoisotopic (exact) mass is 242 g/mol. The summed E-state index contributed by atoms with van der Waals surface area (Å²) in [4.78, 5) is 14.0. The quantitative estimate of drug-likeness (QED) is 0.753. The Morgan fingerprint density at radius 2 is 2.12 bits per heavy atom. The average Bonchev–Trinajstić information content (AvgIpc) is 2.28. The Kier molecular flexibility index (Phi) is 4.30. The molecule has 0 aromatic carbocycles. The van der Waals surface area contributed by atoms with Gasteiger partial charge in [-0.3, -0.25) is 4.79 Å². The van der Waals surface area contributed by atoms with Crippen LogP contribution in [-0.2, 0) is 4.79 Å². The molecule has 1 fully saturated rings. The van der Waals surface area contributed by atoms with Gasteiger partial charge in [0.2, 0.25) is 5.91 Å². The van der Waals surface area contributed by atoms with Gasteiger partial charge in [0.25, 0.3) is 0 Å². The predicted octanol–water partition coefficient (Wildman–Crippen LogP) is 1.95. The lowest BCUT2D eigenvalue weighted by Crippen LogP contribution is -2.37. The van der Waals surface area contributed by atoms with E-state index in [2.05, 4.69) is 20.8 Å². The maximum absolute atomic E-state index is 11.8. The average molecular weight is 242 g/mol. The number of hydrogen-bond donors (Lipinski definition) is 1. The van der Waals surface area contributed by atoms with Crippen molar-refractivity contribution in [1.29, 1.82) is 0 Å². The van der Waals surface area contributed by atoms with Crippen molar-refractivity contribution in [1.82, 2.24) is 4.90 Å². The Balaban J connectivity index is 2.62. The highest BCUT2D eigenvalue weighted by Gasteiger charge is 2.29. The van der Waals surface area contributed by atoms with Crippen LogP contribution in [0.1, 0.15) is 40.0 Å². The van der Waals surface area contributed by atoms with Crippen LogP contribution < -0.4 is 5.73 Å². The Morgan fingerprint density at radius 1 is 1.50 bits per heavy atom. The van der Waals surface area contributed by atoms with Crippen LogP contribution in [0.25, 0.3) is 0 Å². The molecule has 1 aliphatic rings. The van der Waals surface area contributed by atoms with Crippen molar-refractivity contribution in [3.63, 3.8) is 0 Å². The van der Waals surface area contributed by atoms with Gasteiger partial charge in [-0.1, -0.05) is 33.0 Å². The second-order valence-corrected chi connectivity index (χ2v) is 6.20. The fraction of sp³-hybridized carbons (Fsp3) is 0.833. The lowest BCUT2D eigenvalue weighted by atomic mass is 9.77. The van der Waals surface area contributed by atoms with E-state index in [-0.39, 0.29) is 11.3 Å². The van der Waals surface area contributed by atoms with E-state index in [0.29, 0.717) is 23.9 Å². The number of carbonyl (C=O) groups is 1. The smallest absolute Gasteiger partial charge is 0.222 e. The number of likely N-dealkylation sites (tertiary alicyclic amines) is 1. The van der Waals surface area contributed by atoms with Crippen LogP contribution in [0.4, 0.5) is 0 Å². The first-order chi connectivity index (χ1) is 7.30. The van der Waals surface area contributed by atoms with Gasteiger partial charge in [-0.05, 0) is 24.2 Å². The summed E-state index contributed by atoms with van der Waals surface area (Å²) in [7, 11) is 0. The Labute approximate surface area is 103 Å². The first-order valence-electron chi connectivity index (χ1n) is 5.87. The molecular formula is C12H22N2OS. The van der Waals surface area contributed by atoms with Gasteiger partial charge in [-0.2, -0.15) is 0 Å². The molecule has 92 valence electrons. The van der Waals surface area contributed by atoms with Crippen LogP contribution >= 0.6 is 12.2 Å². The molecule has 1 heterocycles. The standard InChI is InChI=1S/C12H22N2OS/c1-12(2,3)9-4-5-11(15)14(7-6-9)8-10(13)16/h9H,4-8H2,1-3H3,(H2,13,16). The summed E-state index contributed by atoms with van der Waals surface area (Å²) in [5, 5.41) is 0. The predicted molar refractivity (Wildman–Crippen MR) is 70.2 cm³/mol. The van der Waals surface area contributed by atoms with Crippen LogP contribution in [0.3, 0.4) is 0 Å². The molecule has 3 nitrogen and oxygen atoms in total. The summed E-state index contributed by atoms with van der Waals surface area (Å²) < 4.78 is 0. The van der Waals surface area contributed by atoms with E-state index < -0.39 is 0 Å². The van der Waals surface area contributed by atoms with Gasteiger partial charge in [0.05, 0.1) is 11.5 Å².